The molecular weight excluding hydrogens is 584 g/mol. The highest BCUT2D eigenvalue weighted by atomic mass is 35.5. The summed E-state index contributed by atoms with van der Waals surface area (Å²) in [4.78, 5) is 34.3. The Kier molecular flexibility index (Phi) is 7.12. The lowest BCUT2D eigenvalue weighted by Crippen LogP contribution is -2.46. The fourth-order valence-corrected chi connectivity index (χ4v) is 7.36. The number of nitrogens with one attached hydrogen (secondary N) is 1. The molecule has 1 aliphatic carbocycles. The number of alkyl carbamates (subject to hydrolysis) is 1. The van der Waals surface area contributed by atoms with Crippen molar-refractivity contribution in [2.75, 3.05) is 18.1 Å². The summed E-state index contributed by atoms with van der Waals surface area (Å²) < 4.78 is 16.9. The van der Waals surface area contributed by atoms with Gasteiger partial charge in [0, 0.05) is 43.9 Å². The predicted octanol–water partition coefficient (Wildman–Crippen LogP) is 5.01. The van der Waals surface area contributed by atoms with Crippen LogP contribution in [0.3, 0.4) is 0 Å². The van der Waals surface area contributed by atoms with E-state index in [0.29, 0.717) is 46.4 Å². The van der Waals surface area contributed by atoms with Crippen LogP contribution < -0.4 is 15.8 Å². The lowest BCUT2D eigenvalue weighted by Gasteiger charge is -2.30. The molecule has 1 N–H and O–H groups in total. The molecular formula is C31H39ClN8O4. The zero-order valence-corrected chi connectivity index (χ0v) is 26.6. The van der Waals surface area contributed by atoms with Gasteiger partial charge >= 0.3 is 6.09 Å². The molecule has 1 amide bonds. The molecule has 1 saturated carbocycles. The quantitative estimate of drug-likeness (QED) is 0.330. The number of carbonyl (C=O) groups is 1. The normalized spacial score (nSPS) is 23.6. The van der Waals surface area contributed by atoms with E-state index in [1.807, 2.05) is 50.7 Å². The Labute approximate surface area is 260 Å². The number of amides is 1. The van der Waals surface area contributed by atoms with Crippen LogP contribution >= 0.6 is 11.6 Å². The highest BCUT2D eigenvalue weighted by molar-refractivity contribution is 6.38. The van der Waals surface area contributed by atoms with Crippen LogP contribution in [0.1, 0.15) is 66.0 Å². The summed E-state index contributed by atoms with van der Waals surface area (Å²) in [6.07, 6.45) is 5.79. The molecule has 2 saturated heterocycles. The topological polar surface area (TPSA) is 121 Å². The summed E-state index contributed by atoms with van der Waals surface area (Å²) in [6.45, 7) is 9.61. The number of hydrogen-bond donors (Lipinski definition) is 1. The monoisotopic (exact) mass is 622 g/mol. The molecule has 2 aliphatic heterocycles. The van der Waals surface area contributed by atoms with Crippen molar-refractivity contribution in [2.45, 2.75) is 90.3 Å². The minimum atomic E-state index is -0.584. The fourth-order valence-electron chi connectivity index (χ4n) is 7.06. The molecule has 4 aromatic rings. The number of piperidine rings is 1. The van der Waals surface area contributed by atoms with Gasteiger partial charge in [0.15, 0.2) is 11.9 Å². The van der Waals surface area contributed by atoms with Crippen molar-refractivity contribution in [1.82, 2.24) is 34.4 Å². The number of fused-ring (bicyclic) bond motifs is 4. The molecule has 3 aromatic heterocycles. The number of hydrogen-bond acceptors (Lipinski definition) is 8. The molecule has 2 bridgehead atoms. The summed E-state index contributed by atoms with van der Waals surface area (Å²) in [5, 5.41) is 14.4. The second-order valence-electron chi connectivity index (χ2n) is 13.2. The predicted molar refractivity (Wildman–Crippen MR) is 168 cm³/mol. The third kappa shape index (κ3) is 4.82. The van der Waals surface area contributed by atoms with Crippen molar-refractivity contribution < 1.29 is 14.3 Å². The zero-order chi connectivity index (χ0) is 30.9. The first-order valence-corrected chi connectivity index (χ1v) is 15.9. The molecule has 44 heavy (non-hydrogen) atoms. The maximum atomic E-state index is 14.3. The van der Waals surface area contributed by atoms with Crippen LogP contribution in [0.5, 0.6) is 0 Å². The molecule has 0 unspecified atom stereocenters. The number of benzene rings is 1. The van der Waals surface area contributed by atoms with Gasteiger partial charge in [-0.25, -0.2) is 9.48 Å². The van der Waals surface area contributed by atoms with Crippen molar-refractivity contribution in [3.63, 3.8) is 0 Å². The second-order valence-corrected chi connectivity index (χ2v) is 13.5. The SMILES string of the molecule is CCn1cc2c(Cl)c(-c3nn([C@H]4CCCCO4)c4nc(N5C[C@@H]6CC[C@H]5[C@H]6NC(=O)OC(C)(C)C)n(C)c(=O)c34)ccc2n1. The Morgan fingerprint density at radius 2 is 2.00 bits per heavy atom. The zero-order valence-electron chi connectivity index (χ0n) is 25.8. The molecule has 4 atom stereocenters. The number of ether oxygens (including phenoxy) is 2. The van der Waals surface area contributed by atoms with E-state index in [2.05, 4.69) is 15.3 Å². The van der Waals surface area contributed by atoms with Crippen LogP contribution in [0.4, 0.5) is 10.7 Å². The lowest BCUT2D eigenvalue weighted by molar-refractivity contribution is -0.0368. The van der Waals surface area contributed by atoms with E-state index in [1.54, 1.807) is 16.3 Å². The summed E-state index contributed by atoms with van der Waals surface area (Å²) in [6, 6.07) is 3.70. The summed E-state index contributed by atoms with van der Waals surface area (Å²) in [5.41, 5.74) is 1.61. The standard InChI is InChI=1S/C31H39ClN8O4/c1-6-38-16-19-20(35-38)12-11-18(24(19)32)26-23-27(40(36-26)22-9-7-8-14-43-22)34-29(37(5)28(23)41)39-15-17-10-13-21(39)25(17)33-30(42)44-31(2,3)4/h11-12,16-17,21-22,25H,6-10,13-15H2,1-5H3,(H,33,42)/t17-,21-,22+,25-/m0/s1. The molecule has 13 heteroatoms. The summed E-state index contributed by atoms with van der Waals surface area (Å²) in [5.74, 6) is 0.789. The molecule has 0 radical (unpaired) electrons. The first kappa shape index (κ1) is 29.1. The van der Waals surface area contributed by atoms with E-state index in [1.165, 1.54) is 0 Å². The third-order valence-electron chi connectivity index (χ3n) is 9.12. The number of aromatic nitrogens is 6. The Morgan fingerprint density at radius 3 is 2.73 bits per heavy atom. The lowest BCUT2D eigenvalue weighted by atomic mass is 10.1. The Hall–Kier alpha value is -3.64. The number of halogens is 1. The maximum Gasteiger partial charge on any atom is 0.407 e. The second kappa shape index (κ2) is 10.8. The Balaban J connectivity index is 1.33. The number of rotatable bonds is 5. The van der Waals surface area contributed by atoms with E-state index in [9.17, 15) is 9.59 Å². The molecule has 3 aliphatic rings. The molecule has 1 aromatic carbocycles. The molecule has 5 heterocycles. The van der Waals surface area contributed by atoms with E-state index in [-0.39, 0.29) is 29.8 Å². The summed E-state index contributed by atoms with van der Waals surface area (Å²) in [7, 11) is 1.75. The number of anilines is 1. The van der Waals surface area contributed by atoms with E-state index >= 15 is 0 Å². The van der Waals surface area contributed by atoms with Gasteiger partial charge in [0.25, 0.3) is 5.56 Å². The van der Waals surface area contributed by atoms with Crippen LogP contribution in [-0.2, 0) is 23.1 Å². The van der Waals surface area contributed by atoms with Crippen LogP contribution in [-0.4, -0.2) is 66.0 Å². The maximum absolute atomic E-state index is 14.3. The minimum Gasteiger partial charge on any atom is -0.444 e. The van der Waals surface area contributed by atoms with E-state index in [4.69, 9.17) is 31.2 Å². The molecule has 7 rings (SSSR count). The first-order chi connectivity index (χ1) is 21.0. The van der Waals surface area contributed by atoms with Crippen molar-refractivity contribution in [3.8, 4) is 11.3 Å². The van der Waals surface area contributed by atoms with Crippen LogP contribution in [0.15, 0.2) is 23.1 Å². The third-order valence-corrected chi connectivity index (χ3v) is 9.52. The van der Waals surface area contributed by atoms with E-state index in [0.717, 1.165) is 49.6 Å². The van der Waals surface area contributed by atoms with Crippen molar-refractivity contribution in [2.24, 2.45) is 13.0 Å². The van der Waals surface area contributed by atoms with Crippen LogP contribution in [0, 0.1) is 5.92 Å². The Bertz CT molecular complexity index is 1820. The van der Waals surface area contributed by atoms with Crippen LogP contribution in [0.25, 0.3) is 33.2 Å². The van der Waals surface area contributed by atoms with Gasteiger partial charge in [-0.05, 0) is 77.8 Å². The average molecular weight is 623 g/mol. The van der Waals surface area contributed by atoms with Gasteiger partial charge in [0.1, 0.15) is 16.7 Å². The minimum absolute atomic E-state index is 0.00297. The van der Waals surface area contributed by atoms with E-state index < -0.39 is 11.7 Å². The van der Waals surface area contributed by atoms with Crippen molar-refractivity contribution in [3.05, 3.63) is 33.7 Å². The largest absolute Gasteiger partial charge is 0.444 e. The van der Waals surface area contributed by atoms with Gasteiger partial charge in [-0.2, -0.15) is 15.2 Å². The molecule has 3 fully saturated rings. The van der Waals surface area contributed by atoms with Crippen LogP contribution in [0.2, 0.25) is 5.02 Å². The highest BCUT2D eigenvalue weighted by Gasteiger charge is 2.49. The number of carbonyl (C=O) groups excluding carboxylic acids is 1. The summed E-state index contributed by atoms with van der Waals surface area (Å²) >= 11 is 6.99. The Morgan fingerprint density at radius 1 is 1.18 bits per heavy atom. The van der Waals surface area contributed by atoms with Crippen molar-refractivity contribution in [1.29, 1.82) is 0 Å². The molecule has 234 valence electrons. The average Bonchev–Trinajstić information content (AvgIpc) is 3.76. The fraction of sp³-hybridized carbons (Fsp3) is 0.581. The molecule has 12 nitrogen and oxygen atoms in total. The highest BCUT2D eigenvalue weighted by Crippen LogP contribution is 2.42. The van der Waals surface area contributed by atoms with Gasteiger partial charge in [-0.15, -0.1) is 0 Å². The number of aryl methyl sites for hydroxylation is 1. The van der Waals surface area contributed by atoms with Crippen molar-refractivity contribution >= 4 is 45.6 Å². The van der Waals surface area contributed by atoms with Gasteiger partial charge in [0.05, 0.1) is 22.6 Å². The van der Waals surface area contributed by atoms with Gasteiger partial charge in [0.2, 0.25) is 5.95 Å². The van der Waals surface area contributed by atoms with Gasteiger partial charge in [-0.3, -0.25) is 14.0 Å². The van der Waals surface area contributed by atoms with Gasteiger partial charge in [-0.1, -0.05) is 11.6 Å². The number of nitrogens with zero attached hydrogens (tertiary/aromatic N) is 7. The smallest absolute Gasteiger partial charge is 0.407 e. The molecule has 0 spiro atoms. The van der Waals surface area contributed by atoms with Gasteiger partial charge < -0.3 is 19.7 Å². The first-order valence-electron chi connectivity index (χ1n) is 15.6.